The second kappa shape index (κ2) is 16.9. The number of benzene rings is 3. The lowest BCUT2D eigenvalue weighted by Crippen LogP contribution is -2.10. The lowest BCUT2D eigenvalue weighted by molar-refractivity contribution is -0.115. The predicted octanol–water partition coefficient (Wildman–Crippen LogP) is 8.19. The van der Waals surface area contributed by atoms with Crippen molar-refractivity contribution in [3.8, 4) is 0 Å². The van der Waals surface area contributed by atoms with Crippen LogP contribution in [0.5, 0.6) is 0 Å². The molecule has 15 heteroatoms. The van der Waals surface area contributed by atoms with Crippen LogP contribution in [0.25, 0.3) is 32.7 Å². The molecule has 48 heavy (non-hydrogen) atoms. The van der Waals surface area contributed by atoms with Gasteiger partial charge in [0, 0.05) is 37.6 Å². The molecule has 0 bridgehead atoms. The Kier molecular flexibility index (Phi) is 12.5. The van der Waals surface area contributed by atoms with Gasteiger partial charge in [0.15, 0.2) is 17.5 Å². The van der Waals surface area contributed by atoms with E-state index < -0.39 is 0 Å². The zero-order valence-electron chi connectivity index (χ0n) is 25.7. The van der Waals surface area contributed by atoms with Gasteiger partial charge in [0.25, 0.3) is 0 Å². The third-order valence-electron chi connectivity index (χ3n) is 6.28. The summed E-state index contributed by atoms with van der Waals surface area (Å²) in [5.74, 6) is 0.984. The predicted molar refractivity (Wildman–Crippen MR) is 194 cm³/mol. The number of carbonyl (C=O) groups excluding carboxylic acids is 3. The molecule has 0 aliphatic carbocycles. The molecule has 0 aliphatic heterocycles. The average molecular weight is 707 g/mol. The lowest BCUT2D eigenvalue weighted by atomic mass is 10.2. The summed E-state index contributed by atoms with van der Waals surface area (Å²) in [6.07, 6.45) is 8.03. The number of hydrogen-bond acceptors (Lipinski definition) is 6. The van der Waals surface area contributed by atoms with Gasteiger partial charge in [0.2, 0.25) is 17.7 Å². The number of aromatic nitrogens is 6. The molecule has 0 fully saturated rings. The highest BCUT2D eigenvalue weighted by molar-refractivity contribution is 6.32. The van der Waals surface area contributed by atoms with Crippen molar-refractivity contribution < 1.29 is 14.4 Å². The Morgan fingerprint density at radius 3 is 1.33 bits per heavy atom. The van der Waals surface area contributed by atoms with Crippen LogP contribution in [0.15, 0.2) is 91.6 Å². The van der Waals surface area contributed by atoms with Gasteiger partial charge in [-0.05, 0) is 80.6 Å². The quantitative estimate of drug-likeness (QED) is 0.0721. The summed E-state index contributed by atoms with van der Waals surface area (Å²) in [6, 6.07) is 16.0. The summed E-state index contributed by atoms with van der Waals surface area (Å²) in [5, 5.41) is 32.9. The van der Waals surface area contributed by atoms with Crippen molar-refractivity contribution in [2.45, 2.75) is 20.3 Å². The fourth-order valence-electron chi connectivity index (χ4n) is 4.19. The Bertz CT molecular complexity index is 2050. The van der Waals surface area contributed by atoms with Gasteiger partial charge in [0.1, 0.15) is 0 Å². The minimum Gasteiger partial charge on any atom is -0.308 e. The molecule has 0 saturated heterocycles. The maximum Gasteiger partial charge on any atom is 0.249 e. The zero-order valence-corrected chi connectivity index (χ0v) is 28.0. The number of fused-ring (bicyclic) bond motifs is 3. The van der Waals surface area contributed by atoms with Crippen molar-refractivity contribution in [2.75, 3.05) is 16.0 Å². The van der Waals surface area contributed by atoms with E-state index in [-0.39, 0.29) is 24.1 Å². The monoisotopic (exact) mass is 705 g/mol. The highest BCUT2D eigenvalue weighted by Crippen LogP contribution is 2.25. The number of H-pyrrole nitrogens is 3. The second-order valence-corrected chi connectivity index (χ2v) is 11.1. The van der Waals surface area contributed by atoms with Crippen LogP contribution in [0.2, 0.25) is 15.1 Å². The van der Waals surface area contributed by atoms with E-state index in [0.717, 1.165) is 32.7 Å². The SMILES string of the molecule is C=CCC(=O)Nc1n[nH]c2cc(Cl)ccc12.CC=CC(=O)Nc1n[nH]c2cc(Cl)ccc12.CC=CC(=O)Nc1n[nH]c2cc(Cl)ccc12. The molecule has 0 saturated carbocycles. The molecular formula is C33H30Cl3N9O3. The molecule has 246 valence electrons. The molecule has 0 aliphatic rings. The molecule has 3 heterocycles. The Morgan fingerprint density at radius 2 is 1.00 bits per heavy atom. The molecule has 0 atom stereocenters. The van der Waals surface area contributed by atoms with E-state index in [1.165, 1.54) is 12.2 Å². The van der Waals surface area contributed by atoms with Gasteiger partial charge < -0.3 is 16.0 Å². The van der Waals surface area contributed by atoms with Gasteiger partial charge in [-0.15, -0.1) is 6.58 Å². The fraction of sp³-hybridized carbons (Fsp3) is 0.0909. The van der Waals surface area contributed by atoms with E-state index in [2.05, 4.69) is 53.1 Å². The number of allylic oxidation sites excluding steroid dienone is 2. The maximum absolute atomic E-state index is 11.4. The molecule has 0 unspecified atom stereocenters. The minimum absolute atomic E-state index is 0.140. The number of anilines is 3. The first-order chi connectivity index (χ1) is 23.1. The fourth-order valence-corrected chi connectivity index (χ4v) is 4.71. The number of rotatable bonds is 7. The van der Waals surface area contributed by atoms with Gasteiger partial charge in [-0.1, -0.05) is 53.0 Å². The summed E-state index contributed by atoms with van der Waals surface area (Å²) < 4.78 is 0. The standard InChI is InChI=1S/3C11H10ClN3O/c3*1-2-3-10(16)13-11-8-5-4-7(12)6-9(8)14-15-11/h2*2-6H,1H3,(H2,13,14,15,16);2,4-6H,1,3H2,(H2,13,14,15,16). The van der Waals surface area contributed by atoms with Gasteiger partial charge >= 0.3 is 0 Å². The van der Waals surface area contributed by atoms with Gasteiger partial charge in [-0.3, -0.25) is 29.7 Å². The largest absolute Gasteiger partial charge is 0.308 e. The number of carbonyl (C=O) groups is 3. The van der Waals surface area contributed by atoms with Gasteiger partial charge in [-0.2, -0.15) is 15.3 Å². The molecule has 12 nitrogen and oxygen atoms in total. The third-order valence-corrected chi connectivity index (χ3v) is 6.99. The van der Waals surface area contributed by atoms with Crippen molar-refractivity contribution >= 4 is 103 Å². The molecule has 6 N–H and O–H groups in total. The molecule has 6 rings (SSSR count). The Hall–Kier alpha value is -5.43. The van der Waals surface area contributed by atoms with Crippen LogP contribution in [0.4, 0.5) is 17.5 Å². The van der Waals surface area contributed by atoms with Crippen molar-refractivity contribution in [2.24, 2.45) is 0 Å². The molecule has 3 aromatic heterocycles. The van der Waals surface area contributed by atoms with Crippen molar-refractivity contribution in [3.05, 3.63) is 107 Å². The summed E-state index contributed by atoms with van der Waals surface area (Å²) >= 11 is 17.5. The molecule has 3 amide bonds. The number of amides is 3. The summed E-state index contributed by atoms with van der Waals surface area (Å²) in [7, 11) is 0. The number of nitrogens with zero attached hydrogens (tertiary/aromatic N) is 3. The molecule has 3 aromatic carbocycles. The van der Waals surface area contributed by atoms with Crippen LogP contribution >= 0.6 is 34.8 Å². The van der Waals surface area contributed by atoms with Crippen molar-refractivity contribution in [1.29, 1.82) is 0 Å². The molecule has 0 spiro atoms. The van der Waals surface area contributed by atoms with E-state index >= 15 is 0 Å². The van der Waals surface area contributed by atoms with Crippen LogP contribution in [0.1, 0.15) is 20.3 Å². The first kappa shape index (κ1) is 35.4. The highest BCUT2D eigenvalue weighted by Gasteiger charge is 2.10. The first-order valence-corrected chi connectivity index (χ1v) is 15.4. The van der Waals surface area contributed by atoms with Crippen LogP contribution in [-0.2, 0) is 14.4 Å². The number of halogens is 3. The third kappa shape index (κ3) is 9.55. The van der Waals surface area contributed by atoms with Crippen LogP contribution < -0.4 is 16.0 Å². The minimum atomic E-state index is -0.203. The topological polar surface area (TPSA) is 173 Å². The van der Waals surface area contributed by atoms with E-state index in [0.29, 0.717) is 32.5 Å². The first-order valence-electron chi connectivity index (χ1n) is 14.3. The summed E-state index contributed by atoms with van der Waals surface area (Å²) in [4.78, 5) is 34.0. The van der Waals surface area contributed by atoms with E-state index in [1.54, 1.807) is 68.5 Å². The van der Waals surface area contributed by atoms with E-state index in [4.69, 9.17) is 34.8 Å². The molecule has 6 aromatic rings. The molecular weight excluding hydrogens is 677 g/mol. The number of nitrogens with one attached hydrogen (secondary N) is 6. The number of hydrogen-bond donors (Lipinski definition) is 6. The normalized spacial score (nSPS) is 10.9. The van der Waals surface area contributed by atoms with Crippen molar-refractivity contribution in [1.82, 2.24) is 30.6 Å². The lowest BCUT2D eigenvalue weighted by Gasteiger charge is -1.99. The Labute approximate surface area is 289 Å². The zero-order chi connectivity index (χ0) is 34.6. The Balaban J connectivity index is 0.000000163. The van der Waals surface area contributed by atoms with Crippen LogP contribution in [0, 0.1) is 0 Å². The van der Waals surface area contributed by atoms with Gasteiger partial charge in [0.05, 0.1) is 16.6 Å². The summed E-state index contributed by atoms with van der Waals surface area (Å²) in [5.41, 5.74) is 2.38. The van der Waals surface area contributed by atoms with E-state index in [1.807, 2.05) is 18.2 Å². The van der Waals surface area contributed by atoms with Crippen LogP contribution in [0.3, 0.4) is 0 Å². The molecule has 0 radical (unpaired) electrons. The van der Waals surface area contributed by atoms with Crippen molar-refractivity contribution in [3.63, 3.8) is 0 Å². The highest BCUT2D eigenvalue weighted by atomic mass is 35.5. The average Bonchev–Trinajstić information content (AvgIpc) is 3.75. The Morgan fingerprint density at radius 1 is 0.646 bits per heavy atom. The van der Waals surface area contributed by atoms with E-state index in [9.17, 15) is 14.4 Å². The summed E-state index contributed by atoms with van der Waals surface area (Å²) in [6.45, 7) is 7.06. The smallest absolute Gasteiger partial charge is 0.249 e. The van der Waals surface area contributed by atoms with Gasteiger partial charge in [-0.25, -0.2) is 0 Å². The van der Waals surface area contributed by atoms with Crippen LogP contribution in [-0.4, -0.2) is 48.3 Å². The maximum atomic E-state index is 11.4. The number of aromatic amines is 3. The second-order valence-electron chi connectivity index (χ2n) is 9.81.